The SMILES string of the molecule is CC1CCC(C)N(C2(CN)C3CC4CC(C3)CC2C4)C1. The van der Waals surface area contributed by atoms with Gasteiger partial charge in [-0.25, -0.2) is 0 Å². The minimum atomic E-state index is 0.377. The second-order valence-electron chi connectivity index (χ2n) is 8.68. The normalized spacial score (nSPS) is 55.4. The van der Waals surface area contributed by atoms with Gasteiger partial charge in [-0.1, -0.05) is 6.92 Å². The minimum absolute atomic E-state index is 0.377. The summed E-state index contributed by atoms with van der Waals surface area (Å²) in [5, 5.41) is 0. The molecule has 4 bridgehead atoms. The van der Waals surface area contributed by atoms with Crippen molar-refractivity contribution in [1.82, 2.24) is 4.90 Å². The Labute approximate surface area is 124 Å². The molecular formula is C18H32N2. The van der Waals surface area contributed by atoms with Gasteiger partial charge in [-0.15, -0.1) is 0 Å². The molecule has 5 fully saturated rings. The van der Waals surface area contributed by atoms with Crippen molar-refractivity contribution < 1.29 is 0 Å². The van der Waals surface area contributed by atoms with Crippen molar-refractivity contribution in [2.45, 2.75) is 70.4 Å². The van der Waals surface area contributed by atoms with Crippen molar-refractivity contribution in [2.24, 2.45) is 35.3 Å². The Bertz CT molecular complexity index is 350. The zero-order valence-electron chi connectivity index (χ0n) is 13.4. The molecule has 1 saturated heterocycles. The fourth-order valence-electron chi connectivity index (χ4n) is 6.79. The third-order valence-electron chi connectivity index (χ3n) is 7.53. The van der Waals surface area contributed by atoms with Crippen LogP contribution in [0.3, 0.4) is 0 Å². The molecule has 4 aliphatic carbocycles. The van der Waals surface area contributed by atoms with Crippen LogP contribution in [0, 0.1) is 29.6 Å². The maximum absolute atomic E-state index is 6.49. The first-order chi connectivity index (χ1) is 9.63. The lowest BCUT2D eigenvalue weighted by atomic mass is 9.47. The molecule has 5 aliphatic rings. The van der Waals surface area contributed by atoms with Crippen LogP contribution in [0.1, 0.15) is 58.8 Å². The molecular weight excluding hydrogens is 244 g/mol. The van der Waals surface area contributed by atoms with Crippen LogP contribution >= 0.6 is 0 Å². The first-order valence-corrected chi connectivity index (χ1v) is 9.10. The summed E-state index contributed by atoms with van der Waals surface area (Å²) < 4.78 is 0. The van der Waals surface area contributed by atoms with Crippen LogP contribution in [-0.2, 0) is 0 Å². The molecule has 4 saturated carbocycles. The molecule has 20 heavy (non-hydrogen) atoms. The van der Waals surface area contributed by atoms with Crippen LogP contribution in [0.2, 0.25) is 0 Å². The molecule has 114 valence electrons. The third-order valence-corrected chi connectivity index (χ3v) is 7.53. The molecule has 0 amide bonds. The lowest BCUT2D eigenvalue weighted by Crippen LogP contribution is -2.71. The average molecular weight is 276 g/mol. The first kappa shape index (κ1) is 13.6. The van der Waals surface area contributed by atoms with Crippen LogP contribution in [0.25, 0.3) is 0 Å². The van der Waals surface area contributed by atoms with E-state index in [2.05, 4.69) is 18.7 Å². The highest BCUT2D eigenvalue weighted by atomic mass is 15.3. The fraction of sp³-hybridized carbons (Fsp3) is 1.00. The summed E-state index contributed by atoms with van der Waals surface area (Å²) in [6.45, 7) is 7.13. The van der Waals surface area contributed by atoms with Gasteiger partial charge in [-0.2, -0.15) is 0 Å². The molecule has 2 N–H and O–H groups in total. The molecule has 0 aromatic carbocycles. The standard InChI is InChI=1S/C18H32N2/c1-12-3-4-13(2)20(10-12)18(11-19)16-6-14-5-15(8-16)9-17(18)7-14/h12-17H,3-11,19H2,1-2H3. The van der Waals surface area contributed by atoms with Crippen LogP contribution in [-0.4, -0.2) is 29.6 Å². The number of rotatable bonds is 2. The smallest absolute Gasteiger partial charge is 0.0391 e. The Morgan fingerprint density at radius 2 is 1.55 bits per heavy atom. The summed E-state index contributed by atoms with van der Waals surface area (Å²) in [6, 6.07) is 0.757. The Balaban J connectivity index is 1.68. The van der Waals surface area contributed by atoms with Gasteiger partial charge >= 0.3 is 0 Å². The van der Waals surface area contributed by atoms with Crippen molar-refractivity contribution in [3.05, 3.63) is 0 Å². The topological polar surface area (TPSA) is 29.3 Å². The lowest BCUT2D eigenvalue weighted by Gasteiger charge is -2.66. The number of nitrogens with two attached hydrogens (primary N) is 1. The van der Waals surface area contributed by atoms with Crippen molar-refractivity contribution in [3.8, 4) is 0 Å². The number of likely N-dealkylation sites (tertiary alicyclic amines) is 1. The van der Waals surface area contributed by atoms with E-state index in [0.717, 1.165) is 42.2 Å². The number of nitrogens with zero attached hydrogens (tertiary/aromatic N) is 1. The van der Waals surface area contributed by atoms with E-state index in [1.807, 2.05) is 0 Å². The van der Waals surface area contributed by atoms with Gasteiger partial charge in [0.25, 0.3) is 0 Å². The average Bonchev–Trinajstić information content (AvgIpc) is 2.42. The van der Waals surface area contributed by atoms with Crippen LogP contribution in [0.4, 0.5) is 0 Å². The van der Waals surface area contributed by atoms with Crippen LogP contribution < -0.4 is 5.73 Å². The van der Waals surface area contributed by atoms with E-state index in [1.54, 1.807) is 6.42 Å². The predicted molar refractivity (Wildman–Crippen MR) is 83.4 cm³/mol. The quantitative estimate of drug-likeness (QED) is 0.839. The Kier molecular flexibility index (Phi) is 3.20. The molecule has 0 radical (unpaired) electrons. The molecule has 0 aromatic heterocycles. The second kappa shape index (κ2) is 4.71. The number of piperidine rings is 1. The Morgan fingerprint density at radius 1 is 0.950 bits per heavy atom. The minimum Gasteiger partial charge on any atom is -0.329 e. The van der Waals surface area contributed by atoms with Gasteiger partial charge in [-0.05, 0) is 81.5 Å². The largest absolute Gasteiger partial charge is 0.329 e. The van der Waals surface area contributed by atoms with Gasteiger partial charge in [0, 0.05) is 24.7 Å². The van der Waals surface area contributed by atoms with Crippen molar-refractivity contribution >= 4 is 0 Å². The van der Waals surface area contributed by atoms with E-state index >= 15 is 0 Å². The van der Waals surface area contributed by atoms with E-state index in [4.69, 9.17) is 5.73 Å². The number of hydrogen-bond donors (Lipinski definition) is 1. The number of hydrogen-bond acceptors (Lipinski definition) is 2. The molecule has 2 heteroatoms. The Hall–Kier alpha value is -0.0800. The maximum atomic E-state index is 6.49. The van der Waals surface area contributed by atoms with E-state index in [1.165, 1.54) is 45.1 Å². The molecule has 0 aromatic rings. The molecule has 0 spiro atoms. The van der Waals surface area contributed by atoms with E-state index in [-0.39, 0.29) is 0 Å². The second-order valence-corrected chi connectivity index (χ2v) is 8.68. The van der Waals surface area contributed by atoms with Crippen LogP contribution in [0.15, 0.2) is 0 Å². The first-order valence-electron chi connectivity index (χ1n) is 9.10. The Morgan fingerprint density at radius 3 is 2.10 bits per heavy atom. The van der Waals surface area contributed by atoms with E-state index in [9.17, 15) is 0 Å². The molecule has 1 heterocycles. The molecule has 2 unspecified atom stereocenters. The monoisotopic (exact) mass is 276 g/mol. The fourth-order valence-corrected chi connectivity index (χ4v) is 6.79. The zero-order valence-corrected chi connectivity index (χ0v) is 13.4. The summed E-state index contributed by atoms with van der Waals surface area (Å²) in [5.74, 6) is 4.80. The summed E-state index contributed by atoms with van der Waals surface area (Å²) in [5.41, 5.74) is 6.86. The van der Waals surface area contributed by atoms with Gasteiger partial charge in [0.05, 0.1) is 0 Å². The summed E-state index contributed by atoms with van der Waals surface area (Å²) in [4.78, 5) is 2.91. The van der Waals surface area contributed by atoms with Gasteiger partial charge in [0.2, 0.25) is 0 Å². The van der Waals surface area contributed by atoms with Crippen LogP contribution in [0.5, 0.6) is 0 Å². The summed E-state index contributed by atoms with van der Waals surface area (Å²) >= 11 is 0. The van der Waals surface area contributed by atoms with E-state index < -0.39 is 0 Å². The zero-order chi connectivity index (χ0) is 13.9. The highest BCUT2D eigenvalue weighted by molar-refractivity contribution is 5.13. The van der Waals surface area contributed by atoms with Crippen molar-refractivity contribution in [2.75, 3.05) is 13.1 Å². The van der Waals surface area contributed by atoms with Crippen molar-refractivity contribution in [3.63, 3.8) is 0 Å². The molecule has 2 nitrogen and oxygen atoms in total. The highest BCUT2D eigenvalue weighted by Gasteiger charge is 2.59. The third kappa shape index (κ3) is 1.76. The molecule has 1 aliphatic heterocycles. The summed E-state index contributed by atoms with van der Waals surface area (Å²) in [6.07, 6.45) is 10.3. The van der Waals surface area contributed by atoms with Gasteiger partial charge in [0.15, 0.2) is 0 Å². The van der Waals surface area contributed by atoms with Gasteiger partial charge in [0.1, 0.15) is 0 Å². The maximum Gasteiger partial charge on any atom is 0.0391 e. The van der Waals surface area contributed by atoms with Gasteiger partial charge in [-0.3, -0.25) is 4.90 Å². The van der Waals surface area contributed by atoms with Gasteiger partial charge < -0.3 is 5.73 Å². The highest BCUT2D eigenvalue weighted by Crippen LogP contribution is 2.60. The van der Waals surface area contributed by atoms with Crippen molar-refractivity contribution in [1.29, 1.82) is 0 Å². The lowest BCUT2D eigenvalue weighted by molar-refractivity contribution is -0.153. The molecule has 2 atom stereocenters. The summed E-state index contributed by atoms with van der Waals surface area (Å²) in [7, 11) is 0. The molecule has 5 rings (SSSR count). The predicted octanol–water partition coefficient (Wildman–Crippen LogP) is 3.26. The van der Waals surface area contributed by atoms with E-state index in [0.29, 0.717) is 5.54 Å².